The number of ether oxygens (including phenoxy) is 1. The Morgan fingerprint density at radius 3 is 2.50 bits per heavy atom. The maximum atomic E-state index is 11.9. The summed E-state index contributed by atoms with van der Waals surface area (Å²) in [4.78, 5) is 34.9. The minimum Gasteiger partial charge on any atom is -0.484 e. The second-order valence-electron chi connectivity index (χ2n) is 5.20. The number of rotatable bonds is 5. The predicted octanol–water partition coefficient (Wildman–Crippen LogP) is 1.94. The third kappa shape index (κ3) is 4.45. The van der Waals surface area contributed by atoms with Gasteiger partial charge in [0, 0.05) is 5.56 Å². The minimum absolute atomic E-state index is 0.0945. The van der Waals surface area contributed by atoms with E-state index in [1.165, 1.54) is 6.92 Å². The zero-order chi connectivity index (χ0) is 17.7. The molecule has 0 aliphatic rings. The van der Waals surface area contributed by atoms with E-state index in [9.17, 15) is 14.4 Å². The highest BCUT2D eigenvalue weighted by Gasteiger charge is 2.14. The number of hydrogen-bond donors (Lipinski definition) is 2. The number of carbonyl (C=O) groups is 3. The van der Waals surface area contributed by atoms with E-state index in [0.29, 0.717) is 28.4 Å². The summed E-state index contributed by atoms with van der Waals surface area (Å²) in [7, 11) is 0. The SMILES string of the molecule is CC(=O)c1cccc(OCC(=O)NNC(=O)c2cc(C)oc2C)c1. The molecule has 1 heterocycles. The van der Waals surface area contributed by atoms with Crippen LogP contribution in [-0.2, 0) is 4.79 Å². The van der Waals surface area contributed by atoms with Gasteiger partial charge < -0.3 is 9.15 Å². The number of ketones is 1. The fourth-order valence-corrected chi connectivity index (χ4v) is 2.04. The lowest BCUT2D eigenvalue weighted by molar-refractivity contribution is -0.123. The van der Waals surface area contributed by atoms with Crippen LogP contribution in [-0.4, -0.2) is 24.2 Å². The van der Waals surface area contributed by atoms with E-state index < -0.39 is 11.8 Å². The van der Waals surface area contributed by atoms with Gasteiger partial charge in [-0.3, -0.25) is 25.2 Å². The van der Waals surface area contributed by atoms with Crippen LogP contribution in [0.25, 0.3) is 0 Å². The fraction of sp³-hybridized carbons (Fsp3) is 0.235. The second kappa shape index (κ2) is 7.45. The molecule has 0 saturated carbocycles. The van der Waals surface area contributed by atoms with Gasteiger partial charge >= 0.3 is 0 Å². The first-order valence-electron chi connectivity index (χ1n) is 7.27. The molecule has 0 fully saturated rings. The molecule has 1 aromatic heterocycles. The highest BCUT2D eigenvalue weighted by molar-refractivity contribution is 5.96. The molecule has 0 bridgehead atoms. The molecule has 0 spiro atoms. The standard InChI is InChI=1S/C17H18N2O5/c1-10-7-15(12(3)24-10)17(22)19-18-16(21)9-23-14-6-4-5-13(8-14)11(2)20/h4-8H,9H2,1-3H3,(H,18,21)(H,19,22). The van der Waals surface area contributed by atoms with Crippen molar-refractivity contribution in [3.63, 3.8) is 0 Å². The maximum Gasteiger partial charge on any atom is 0.276 e. The molecule has 1 aromatic carbocycles. The lowest BCUT2D eigenvalue weighted by Crippen LogP contribution is -2.43. The van der Waals surface area contributed by atoms with Gasteiger partial charge in [0.05, 0.1) is 5.56 Å². The number of carbonyl (C=O) groups excluding carboxylic acids is 3. The van der Waals surface area contributed by atoms with Crippen molar-refractivity contribution in [2.45, 2.75) is 20.8 Å². The molecule has 7 nitrogen and oxygen atoms in total. The van der Waals surface area contributed by atoms with Crippen molar-refractivity contribution in [2.75, 3.05) is 6.61 Å². The topological polar surface area (TPSA) is 97.6 Å². The Morgan fingerprint density at radius 2 is 1.88 bits per heavy atom. The molecule has 2 N–H and O–H groups in total. The number of nitrogens with one attached hydrogen (secondary N) is 2. The molecular weight excluding hydrogens is 312 g/mol. The predicted molar refractivity (Wildman–Crippen MR) is 85.7 cm³/mol. The van der Waals surface area contributed by atoms with Crippen LogP contribution in [0, 0.1) is 13.8 Å². The lowest BCUT2D eigenvalue weighted by atomic mass is 10.1. The average Bonchev–Trinajstić information content (AvgIpc) is 2.89. The molecule has 0 saturated heterocycles. The molecule has 126 valence electrons. The summed E-state index contributed by atoms with van der Waals surface area (Å²) < 4.78 is 10.5. The second-order valence-corrected chi connectivity index (χ2v) is 5.20. The van der Waals surface area contributed by atoms with Crippen molar-refractivity contribution in [1.82, 2.24) is 10.9 Å². The molecule has 2 aromatic rings. The number of Topliss-reactive ketones (excluding diaryl/α,β-unsaturated/α-hetero) is 1. The average molecular weight is 330 g/mol. The van der Waals surface area contributed by atoms with Crippen LogP contribution >= 0.6 is 0 Å². The van der Waals surface area contributed by atoms with Gasteiger partial charge in [0.1, 0.15) is 17.3 Å². The van der Waals surface area contributed by atoms with Crippen LogP contribution in [0.3, 0.4) is 0 Å². The summed E-state index contributed by atoms with van der Waals surface area (Å²) in [6, 6.07) is 8.09. The van der Waals surface area contributed by atoms with Crippen LogP contribution in [0.1, 0.15) is 39.2 Å². The van der Waals surface area contributed by atoms with Gasteiger partial charge in [-0.2, -0.15) is 0 Å². The van der Waals surface area contributed by atoms with Gasteiger partial charge in [-0.05, 0) is 39.0 Å². The number of aryl methyl sites for hydroxylation is 2. The Kier molecular flexibility index (Phi) is 5.36. The fourth-order valence-electron chi connectivity index (χ4n) is 2.04. The smallest absolute Gasteiger partial charge is 0.276 e. The largest absolute Gasteiger partial charge is 0.484 e. The van der Waals surface area contributed by atoms with Crippen molar-refractivity contribution in [3.05, 3.63) is 53.0 Å². The van der Waals surface area contributed by atoms with E-state index in [1.807, 2.05) is 0 Å². The lowest BCUT2D eigenvalue weighted by Gasteiger charge is -2.09. The molecule has 2 rings (SSSR count). The first kappa shape index (κ1) is 17.3. The van der Waals surface area contributed by atoms with E-state index in [4.69, 9.17) is 9.15 Å². The van der Waals surface area contributed by atoms with E-state index in [1.54, 1.807) is 44.2 Å². The molecule has 2 amide bonds. The zero-order valence-corrected chi connectivity index (χ0v) is 13.6. The highest BCUT2D eigenvalue weighted by Crippen LogP contribution is 2.14. The summed E-state index contributed by atoms with van der Waals surface area (Å²) >= 11 is 0. The van der Waals surface area contributed by atoms with E-state index >= 15 is 0 Å². The molecule has 0 radical (unpaired) electrons. The normalized spacial score (nSPS) is 10.1. The summed E-state index contributed by atoms with van der Waals surface area (Å²) in [5.74, 6) is 0.369. The third-order valence-electron chi connectivity index (χ3n) is 3.21. The molecule has 0 aliphatic carbocycles. The summed E-state index contributed by atoms with van der Waals surface area (Å²) in [5, 5.41) is 0. The van der Waals surface area contributed by atoms with Crippen molar-refractivity contribution >= 4 is 17.6 Å². The van der Waals surface area contributed by atoms with Gasteiger partial charge in [0.25, 0.3) is 11.8 Å². The van der Waals surface area contributed by atoms with E-state index in [0.717, 1.165) is 0 Å². The van der Waals surface area contributed by atoms with Crippen LogP contribution in [0.4, 0.5) is 0 Å². The Morgan fingerprint density at radius 1 is 1.12 bits per heavy atom. The third-order valence-corrected chi connectivity index (χ3v) is 3.21. The number of furan rings is 1. The van der Waals surface area contributed by atoms with Gasteiger partial charge in [-0.1, -0.05) is 12.1 Å². The number of amides is 2. The number of benzene rings is 1. The van der Waals surface area contributed by atoms with E-state index in [2.05, 4.69) is 10.9 Å². The number of hydrogen-bond acceptors (Lipinski definition) is 5. The van der Waals surface area contributed by atoms with E-state index in [-0.39, 0.29) is 12.4 Å². The summed E-state index contributed by atoms with van der Waals surface area (Å²) in [6.07, 6.45) is 0. The van der Waals surface area contributed by atoms with Crippen LogP contribution in [0.2, 0.25) is 0 Å². The van der Waals surface area contributed by atoms with Crippen molar-refractivity contribution in [3.8, 4) is 5.75 Å². The quantitative estimate of drug-likeness (QED) is 0.645. The Balaban J connectivity index is 1.83. The minimum atomic E-state index is -0.533. The first-order valence-corrected chi connectivity index (χ1v) is 7.27. The van der Waals surface area contributed by atoms with Gasteiger partial charge in [0.2, 0.25) is 0 Å². The Labute approximate surface area is 139 Å². The van der Waals surface area contributed by atoms with Crippen LogP contribution in [0.5, 0.6) is 5.75 Å². The van der Waals surface area contributed by atoms with Gasteiger partial charge in [-0.15, -0.1) is 0 Å². The zero-order valence-electron chi connectivity index (χ0n) is 13.6. The van der Waals surface area contributed by atoms with Crippen molar-refractivity contribution < 1.29 is 23.5 Å². The molecular formula is C17H18N2O5. The number of hydrazine groups is 1. The first-order chi connectivity index (χ1) is 11.4. The van der Waals surface area contributed by atoms with Crippen molar-refractivity contribution in [2.24, 2.45) is 0 Å². The molecule has 7 heteroatoms. The molecule has 0 unspecified atom stereocenters. The highest BCUT2D eigenvalue weighted by atomic mass is 16.5. The van der Waals surface area contributed by atoms with Crippen LogP contribution in [0.15, 0.2) is 34.7 Å². The van der Waals surface area contributed by atoms with Gasteiger partial charge in [-0.25, -0.2) is 0 Å². The molecule has 0 atom stereocenters. The summed E-state index contributed by atoms with van der Waals surface area (Å²) in [5.41, 5.74) is 5.38. The van der Waals surface area contributed by atoms with Crippen molar-refractivity contribution in [1.29, 1.82) is 0 Å². The molecule has 0 aliphatic heterocycles. The molecule has 24 heavy (non-hydrogen) atoms. The van der Waals surface area contributed by atoms with Crippen LogP contribution < -0.4 is 15.6 Å². The van der Waals surface area contributed by atoms with Gasteiger partial charge in [0.15, 0.2) is 12.4 Å². The maximum absolute atomic E-state index is 11.9. The summed E-state index contributed by atoms with van der Waals surface area (Å²) in [6.45, 7) is 4.53. The monoisotopic (exact) mass is 330 g/mol. The Hall–Kier alpha value is -3.09. The Bertz CT molecular complexity index is 779.